The fraction of sp³-hybridized carbons (Fsp3) is 0.0435. The molecular formula is C23H19FN6O. The Bertz CT molecular complexity index is 1260. The lowest BCUT2D eigenvalue weighted by Crippen LogP contribution is -2.36. The predicted octanol–water partition coefficient (Wildman–Crippen LogP) is 4.05. The van der Waals surface area contributed by atoms with Crippen molar-refractivity contribution in [1.29, 1.82) is 0 Å². The highest BCUT2D eigenvalue weighted by atomic mass is 19.1. The Hall–Kier alpha value is -4.33. The zero-order valence-electron chi connectivity index (χ0n) is 16.7. The molecule has 1 aliphatic heterocycles. The number of nitrogens with one attached hydrogen (secondary N) is 1. The van der Waals surface area contributed by atoms with Gasteiger partial charge in [-0.3, -0.25) is 10.4 Å². The molecule has 0 radical (unpaired) electrons. The van der Waals surface area contributed by atoms with Gasteiger partial charge < -0.3 is 4.74 Å². The Morgan fingerprint density at radius 1 is 0.935 bits per heavy atom. The molecule has 0 bridgehead atoms. The summed E-state index contributed by atoms with van der Waals surface area (Å²) in [5.41, 5.74) is 6.77. The van der Waals surface area contributed by atoms with Crippen LogP contribution in [0.5, 0.6) is 0 Å². The molecule has 0 spiro atoms. The van der Waals surface area contributed by atoms with E-state index in [-0.39, 0.29) is 5.82 Å². The molecule has 31 heavy (non-hydrogen) atoms. The first kappa shape index (κ1) is 18.7. The first-order valence-corrected chi connectivity index (χ1v) is 9.66. The standard InChI is InChI=1S/C23H19FN6O/c1-31-19-15-21(22-10-12-26-30(22)17-6-3-2-4-7-17)27-29(16-19)23-14-18(8-9-20(23)24)28-13-5-11-25-28/h2-16,27H,1H3. The molecule has 0 saturated heterocycles. The molecule has 154 valence electrons. The van der Waals surface area contributed by atoms with Crippen LogP contribution < -0.4 is 10.4 Å². The van der Waals surface area contributed by atoms with Gasteiger partial charge in [0.1, 0.15) is 17.3 Å². The summed E-state index contributed by atoms with van der Waals surface area (Å²) in [4.78, 5) is 0. The van der Waals surface area contributed by atoms with Crippen LogP contribution in [0.3, 0.4) is 0 Å². The maximum absolute atomic E-state index is 14.8. The highest BCUT2D eigenvalue weighted by Crippen LogP contribution is 2.28. The fourth-order valence-corrected chi connectivity index (χ4v) is 3.41. The molecule has 5 rings (SSSR count). The number of hydrogen-bond donors (Lipinski definition) is 1. The van der Waals surface area contributed by atoms with Crippen molar-refractivity contribution in [3.8, 4) is 11.4 Å². The minimum atomic E-state index is -0.382. The lowest BCUT2D eigenvalue weighted by molar-refractivity contribution is 0.303. The van der Waals surface area contributed by atoms with Gasteiger partial charge in [-0.1, -0.05) is 18.2 Å². The number of allylic oxidation sites excluding steroid dienone is 1. The lowest BCUT2D eigenvalue weighted by Gasteiger charge is -2.29. The van der Waals surface area contributed by atoms with E-state index in [9.17, 15) is 4.39 Å². The van der Waals surface area contributed by atoms with E-state index in [1.54, 1.807) is 53.7 Å². The van der Waals surface area contributed by atoms with Gasteiger partial charge in [0.25, 0.3) is 0 Å². The summed E-state index contributed by atoms with van der Waals surface area (Å²) in [6.45, 7) is 0. The average Bonchev–Trinajstić information content (AvgIpc) is 3.52. The van der Waals surface area contributed by atoms with Crippen LogP contribution in [0.2, 0.25) is 0 Å². The molecular weight excluding hydrogens is 395 g/mol. The summed E-state index contributed by atoms with van der Waals surface area (Å²) < 4.78 is 23.8. The third-order valence-corrected chi connectivity index (χ3v) is 4.90. The second kappa shape index (κ2) is 7.83. The monoisotopic (exact) mass is 414 g/mol. The van der Waals surface area contributed by atoms with E-state index >= 15 is 0 Å². The molecule has 2 aromatic heterocycles. The summed E-state index contributed by atoms with van der Waals surface area (Å²) in [5, 5.41) is 10.3. The fourth-order valence-electron chi connectivity index (χ4n) is 3.41. The molecule has 1 aliphatic rings. The van der Waals surface area contributed by atoms with Crippen molar-refractivity contribution in [2.24, 2.45) is 0 Å². The minimum absolute atomic E-state index is 0.332. The molecule has 3 heterocycles. The van der Waals surface area contributed by atoms with Crippen LogP contribution in [-0.4, -0.2) is 26.7 Å². The van der Waals surface area contributed by atoms with E-state index in [0.717, 1.165) is 17.1 Å². The van der Waals surface area contributed by atoms with Crippen molar-refractivity contribution in [1.82, 2.24) is 25.0 Å². The third kappa shape index (κ3) is 3.55. The van der Waals surface area contributed by atoms with E-state index in [0.29, 0.717) is 17.1 Å². The molecule has 4 aromatic rings. The molecule has 0 aliphatic carbocycles. The van der Waals surface area contributed by atoms with Crippen LogP contribution in [0.15, 0.2) is 97.3 Å². The summed E-state index contributed by atoms with van der Waals surface area (Å²) in [6.07, 6.45) is 8.75. The highest BCUT2D eigenvalue weighted by molar-refractivity contribution is 5.71. The Morgan fingerprint density at radius 3 is 2.58 bits per heavy atom. The van der Waals surface area contributed by atoms with Gasteiger partial charge in [-0.15, -0.1) is 0 Å². The van der Waals surface area contributed by atoms with Crippen LogP contribution in [0.4, 0.5) is 10.1 Å². The summed E-state index contributed by atoms with van der Waals surface area (Å²) in [5.74, 6) is 0.186. The quantitative estimate of drug-likeness (QED) is 0.534. The number of rotatable bonds is 5. The molecule has 0 saturated carbocycles. The number of ether oxygens (including phenoxy) is 1. The lowest BCUT2D eigenvalue weighted by atomic mass is 10.2. The molecule has 0 unspecified atom stereocenters. The second-order valence-electron chi connectivity index (χ2n) is 6.83. The Morgan fingerprint density at radius 2 is 1.81 bits per heavy atom. The largest absolute Gasteiger partial charge is 0.495 e. The van der Waals surface area contributed by atoms with E-state index in [2.05, 4.69) is 15.6 Å². The van der Waals surface area contributed by atoms with Crippen LogP contribution in [-0.2, 0) is 4.74 Å². The smallest absolute Gasteiger partial charge is 0.148 e. The number of anilines is 1. The summed E-state index contributed by atoms with van der Waals surface area (Å²) >= 11 is 0. The second-order valence-corrected chi connectivity index (χ2v) is 6.83. The van der Waals surface area contributed by atoms with Gasteiger partial charge in [0, 0.05) is 18.5 Å². The first-order valence-electron chi connectivity index (χ1n) is 9.66. The third-order valence-electron chi connectivity index (χ3n) is 4.90. The number of aromatic nitrogens is 4. The van der Waals surface area contributed by atoms with Gasteiger partial charge in [-0.2, -0.15) is 10.2 Å². The number of benzene rings is 2. The number of para-hydroxylation sites is 1. The van der Waals surface area contributed by atoms with Gasteiger partial charge in [-0.05, 0) is 42.5 Å². The van der Waals surface area contributed by atoms with Gasteiger partial charge in [-0.25, -0.2) is 13.8 Å². The van der Waals surface area contributed by atoms with Crippen LogP contribution in [0.1, 0.15) is 5.69 Å². The van der Waals surface area contributed by atoms with E-state index in [1.165, 1.54) is 6.07 Å². The van der Waals surface area contributed by atoms with Crippen LogP contribution in [0.25, 0.3) is 17.1 Å². The summed E-state index contributed by atoms with van der Waals surface area (Å²) in [7, 11) is 1.58. The van der Waals surface area contributed by atoms with E-state index in [4.69, 9.17) is 4.74 Å². The first-order chi connectivity index (χ1) is 15.2. The molecule has 0 fully saturated rings. The number of nitrogens with zero attached hydrogens (tertiary/aromatic N) is 5. The van der Waals surface area contributed by atoms with Gasteiger partial charge in [0.2, 0.25) is 0 Å². The highest BCUT2D eigenvalue weighted by Gasteiger charge is 2.21. The Balaban J connectivity index is 1.54. The van der Waals surface area contributed by atoms with Gasteiger partial charge >= 0.3 is 0 Å². The van der Waals surface area contributed by atoms with Crippen LogP contribution in [0, 0.1) is 5.82 Å². The zero-order valence-corrected chi connectivity index (χ0v) is 16.7. The van der Waals surface area contributed by atoms with Crippen LogP contribution >= 0.6 is 0 Å². The average molecular weight is 414 g/mol. The molecule has 0 amide bonds. The van der Waals surface area contributed by atoms with Crippen molar-refractivity contribution in [2.75, 3.05) is 12.1 Å². The molecule has 8 heteroatoms. The maximum atomic E-state index is 14.8. The minimum Gasteiger partial charge on any atom is -0.495 e. The normalized spacial score (nSPS) is 13.4. The Labute approximate surface area is 178 Å². The van der Waals surface area contributed by atoms with Crippen molar-refractivity contribution < 1.29 is 9.13 Å². The van der Waals surface area contributed by atoms with Crippen molar-refractivity contribution in [2.45, 2.75) is 0 Å². The number of hydrogen-bond acceptors (Lipinski definition) is 5. The van der Waals surface area contributed by atoms with Gasteiger partial charge in [0.15, 0.2) is 0 Å². The topological polar surface area (TPSA) is 60.1 Å². The molecule has 7 nitrogen and oxygen atoms in total. The van der Waals surface area contributed by atoms with E-state index < -0.39 is 0 Å². The molecule has 0 atom stereocenters. The SMILES string of the molecule is COC1=CN(c2cc(-n3cccn3)ccc2F)NC(c2ccnn2-c2ccccc2)=C1. The number of hydrazine groups is 1. The Kier molecular flexibility index (Phi) is 4.72. The maximum Gasteiger partial charge on any atom is 0.148 e. The summed E-state index contributed by atoms with van der Waals surface area (Å²) in [6, 6.07) is 18.3. The van der Waals surface area contributed by atoms with Gasteiger partial charge in [0.05, 0.1) is 42.3 Å². The number of methoxy groups -OCH3 is 1. The van der Waals surface area contributed by atoms with Crippen molar-refractivity contribution in [3.63, 3.8) is 0 Å². The molecule has 2 aromatic carbocycles. The zero-order chi connectivity index (χ0) is 21.2. The van der Waals surface area contributed by atoms with E-state index in [1.807, 2.05) is 53.2 Å². The van der Waals surface area contributed by atoms with Crippen molar-refractivity contribution >= 4 is 11.4 Å². The van der Waals surface area contributed by atoms with Crippen molar-refractivity contribution in [3.05, 3.63) is 109 Å². The number of halogens is 1. The predicted molar refractivity (Wildman–Crippen MR) is 116 cm³/mol. The molecule has 1 N–H and O–H groups in total.